The molecule has 120 heavy (non-hydrogen) atoms. The molecule has 3 atom stereocenters. The van der Waals surface area contributed by atoms with E-state index in [-0.39, 0.29) is 96.5 Å². The van der Waals surface area contributed by atoms with Gasteiger partial charge in [0.25, 0.3) is 0 Å². The van der Waals surface area contributed by atoms with Gasteiger partial charge in [-0.15, -0.1) is 0 Å². The molecule has 33 nitrogen and oxygen atoms in total. The summed E-state index contributed by atoms with van der Waals surface area (Å²) in [4.78, 5) is 64.8. The van der Waals surface area contributed by atoms with Crippen molar-refractivity contribution in [3.05, 3.63) is 159 Å². The number of hydrogen-bond donors (Lipinski definition) is 2. The summed E-state index contributed by atoms with van der Waals surface area (Å²) in [5.74, 6) is -0.758. The number of ether oxygens (including phenoxy) is 5. The average molecular weight is 1810 g/mol. The number of aliphatic imine (C=N–C) groups is 1. The first kappa shape index (κ1) is 94.6. The maximum atomic E-state index is 13.5. The number of nitrogen functional groups attached to an aromatic ring is 1. The van der Waals surface area contributed by atoms with Crippen LogP contribution in [0.15, 0.2) is 105 Å². The van der Waals surface area contributed by atoms with Crippen LogP contribution < -0.4 is 40.6 Å². The first-order chi connectivity index (χ1) is 56.8. The number of amides is 1. The predicted octanol–water partition coefficient (Wildman–Crippen LogP) is 9.18. The van der Waals surface area contributed by atoms with Crippen molar-refractivity contribution < 1.29 is 119 Å². The minimum Gasteiger partial charge on any atom is -0.748 e. The number of benzene rings is 4. The number of alkyl halides is 1. The van der Waals surface area contributed by atoms with Gasteiger partial charge in [-0.3, -0.25) is 38.1 Å². The van der Waals surface area contributed by atoms with Crippen LogP contribution in [0.3, 0.4) is 0 Å². The number of carbonyl (C=O) groups is 4. The zero-order valence-corrected chi connectivity index (χ0v) is 73.3. The van der Waals surface area contributed by atoms with E-state index in [1.807, 2.05) is 7.05 Å². The molecule has 0 spiro atoms. The summed E-state index contributed by atoms with van der Waals surface area (Å²) >= 11 is 3.32. The van der Waals surface area contributed by atoms with Crippen LogP contribution in [0.25, 0.3) is 41.2 Å². The van der Waals surface area contributed by atoms with Gasteiger partial charge in [-0.1, -0.05) is 22.0 Å². The summed E-state index contributed by atoms with van der Waals surface area (Å²) in [7, 11) is -7.87. The van der Waals surface area contributed by atoms with Gasteiger partial charge in [0, 0.05) is 100.0 Å². The molecule has 1 amide bonds. The second-order valence-electron chi connectivity index (χ2n) is 29.4. The second-order valence-corrected chi connectivity index (χ2v) is 38.8. The number of anilines is 2. The van der Waals surface area contributed by atoms with Crippen LogP contribution in [0.5, 0.6) is 0 Å². The molecule has 8 heterocycles. The number of hydrogen-bond acceptors (Lipinski definition) is 24. The van der Waals surface area contributed by atoms with Crippen molar-refractivity contribution in [2.24, 2.45) is 36.8 Å². The molecule has 4 aromatic carbocycles. The van der Waals surface area contributed by atoms with Crippen molar-refractivity contribution in [1.82, 2.24) is 39.1 Å². The van der Waals surface area contributed by atoms with Gasteiger partial charge in [0.1, 0.15) is 34.4 Å². The molecule has 7 fully saturated rings. The van der Waals surface area contributed by atoms with Crippen molar-refractivity contribution in [3.8, 4) is 0 Å². The number of nitrogens with one attached hydrogen (secondary N) is 1. The van der Waals surface area contributed by atoms with E-state index < -0.39 is 90.6 Å². The molecular weight excluding hydrogens is 1720 g/mol. The van der Waals surface area contributed by atoms with Gasteiger partial charge in [0.15, 0.2) is 64.4 Å². The second kappa shape index (κ2) is 42.5. The molecular formula is C79H89BrF2N15NaO18S4. The number of aromatic nitrogens is 8. The van der Waals surface area contributed by atoms with Crippen LogP contribution in [0.2, 0.25) is 0 Å². The Hall–Kier alpha value is -9.27. The Morgan fingerprint density at radius 3 is 1.36 bits per heavy atom. The third-order valence-electron chi connectivity index (χ3n) is 20.7. The zero-order chi connectivity index (χ0) is 86.1. The minimum absolute atomic E-state index is 0. The van der Waals surface area contributed by atoms with Gasteiger partial charge in [-0.25, -0.2) is 66.6 Å². The number of methoxy groups -OCH3 is 2. The van der Waals surface area contributed by atoms with Gasteiger partial charge in [0.2, 0.25) is 5.91 Å². The summed E-state index contributed by atoms with van der Waals surface area (Å²) in [5, 5.41) is 19.1. The molecule has 4 aliphatic heterocycles. The molecule has 0 radical (unpaired) electrons. The van der Waals surface area contributed by atoms with Crippen molar-refractivity contribution >= 4 is 142 Å². The first-order valence-electron chi connectivity index (χ1n) is 38.1. The number of rotatable bonds is 20. The molecule has 634 valence electrons. The Kier molecular flexibility index (Phi) is 33.5. The van der Waals surface area contributed by atoms with Crippen molar-refractivity contribution in [3.63, 3.8) is 0 Å². The predicted molar refractivity (Wildman–Crippen MR) is 436 cm³/mol. The average Bonchev–Trinajstić information content (AvgIpc) is 1.56. The van der Waals surface area contributed by atoms with E-state index in [9.17, 15) is 66.2 Å². The van der Waals surface area contributed by atoms with Gasteiger partial charge in [-0.05, 0) is 181 Å². The number of esters is 2. The Morgan fingerprint density at radius 1 is 0.583 bits per heavy atom. The zero-order valence-electron chi connectivity index (χ0n) is 66.5. The van der Waals surface area contributed by atoms with Crippen LogP contribution in [-0.4, -0.2) is 187 Å². The van der Waals surface area contributed by atoms with E-state index in [4.69, 9.17) is 51.0 Å². The summed E-state index contributed by atoms with van der Waals surface area (Å²) in [6, 6.07) is 13.0. The molecule has 16 rings (SSSR count). The third kappa shape index (κ3) is 25.0. The SMILES string of the molecule is COC(=O)C(Br)CC1CCOCC1.Cn1ccc(N)n1.O=S(=O)([O-])C1CC1.[C-]#[N+]c1cc(F)c(C=O)c(F)c1.[C-]#[N+]c1cc(S(=O)(=O)C2CC2)c2cnn(C(CC3CCOCC3)C(=O)Nc3ccn(C)n3)c2c1.[C-]#[N+]c1cc(S(=O)(=O)C2CC2)c2cnn(C(CC3CCOCC3)C(=O)OC)c2c1.[C-]#[N+]c1cc2c(c(S(=O)(=O)C3CC3)c1)C=NC2.[Na+]. The molecule has 8 aliphatic rings. The summed E-state index contributed by atoms with van der Waals surface area (Å²) in [5.41, 5.74) is 7.74. The Labute approximate surface area is 724 Å². The normalized spacial score (nSPS) is 17.3. The van der Waals surface area contributed by atoms with E-state index in [1.165, 1.54) is 49.5 Å². The fourth-order valence-corrected chi connectivity index (χ4v) is 20.6. The fraction of sp³-hybridized carbons (Fsp3) is 0.481. The molecule has 3 N–H and O–H groups in total. The van der Waals surface area contributed by atoms with Crippen LogP contribution in [0.4, 0.5) is 43.2 Å². The standard InChI is InChI=1S/C23H26N6O4S.C20H23N3O5S.C12H10N2O2S.C9H15BrO3.C8H3F2NO.C4H7N3.C3H6O3S.Na/c1-24-16-12-19-18(21(13-16)34(31,32)17-3-4-17)14-25-29(19)20(11-15-6-9-33-10-7-15)23(30)26-22-5-8-28(2)27-22;1-21-14-10-17-16(19(11-14)29(25,26)15-3-4-15)12-22-23(17)18(20(24)27-2)9-13-5-7-28-8-6-13;1-13-9-4-8-6-14-7-11(8)12(5-9)17(15,16)10-2-3-10;1-12-9(11)8(10)6-7-2-4-13-5-3-7;1-11-5-2-7(9)6(4-12)8(10)3-5;1-7-3-2-4(5)6-7;4-7(5,6)3-1-2-3;/h5,8,12-15,17,20H,3-4,6-7,9-11H2,2H3,(H,26,27,30);10-13,15,18H,3-9H2,2H3;4-5,7,10H,2-3,6H2;7-8H,2-6H2,1H3;2-4H;2-3H,1H3,(H2,5,6);3H,1-2H2,(H,4,5,6);/q;;;;;;;+1/p-1. The number of aryl methyl sites for hydroxylation is 2. The van der Waals surface area contributed by atoms with Crippen molar-refractivity contribution in [1.29, 1.82) is 0 Å². The molecule has 8 aromatic rings. The smallest absolute Gasteiger partial charge is 0.748 e. The van der Waals surface area contributed by atoms with E-state index in [1.54, 1.807) is 70.0 Å². The monoisotopic (exact) mass is 1800 g/mol. The summed E-state index contributed by atoms with van der Waals surface area (Å²) < 4.78 is 164. The summed E-state index contributed by atoms with van der Waals surface area (Å²) in [6.45, 7) is 33.1. The number of sulfone groups is 3. The van der Waals surface area contributed by atoms with E-state index in [0.29, 0.717) is 140 Å². The number of nitrogens with zero attached hydrogens (tertiary/aromatic N) is 13. The molecule has 3 unspecified atom stereocenters. The third-order valence-corrected chi connectivity index (χ3v) is 29.6. The minimum atomic E-state index is -3.88. The topological polar surface area (TPSA) is 413 Å². The largest absolute Gasteiger partial charge is 1.00 e. The fourth-order valence-electron chi connectivity index (χ4n) is 13.5. The maximum absolute atomic E-state index is 13.5. The number of nitrogens with two attached hydrogens (primary N) is 1. The quantitative estimate of drug-likeness (QED) is 0.0179. The van der Waals surface area contributed by atoms with Crippen LogP contribution in [0.1, 0.15) is 143 Å². The first-order valence-corrected chi connectivity index (χ1v) is 45.2. The molecule has 3 saturated heterocycles. The Balaban J connectivity index is 0.000000171. The maximum Gasteiger partial charge on any atom is 1.00 e. The van der Waals surface area contributed by atoms with Crippen molar-refractivity contribution in [2.75, 3.05) is 64.9 Å². The Morgan fingerprint density at radius 2 is 0.983 bits per heavy atom. The van der Waals surface area contributed by atoms with Gasteiger partial charge >= 0.3 is 41.5 Å². The van der Waals surface area contributed by atoms with Crippen LogP contribution >= 0.6 is 15.9 Å². The number of halogens is 3. The number of aldehydes is 1. The van der Waals surface area contributed by atoms with Crippen LogP contribution in [0, 0.1) is 55.7 Å². The van der Waals surface area contributed by atoms with E-state index >= 15 is 0 Å². The van der Waals surface area contributed by atoms with E-state index in [2.05, 4.69) is 70.8 Å². The number of fused-ring (bicyclic) bond motifs is 3. The number of carbonyl (C=O) groups excluding carboxylic acids is 4. The van der Waals surface area contributed by atoms with E-state index in [0.717, 1.165) is 88.7 Å². The molecule has 41 heteroatoms. The summed E-state index contributed by atoms with van der Waals surface area (Å²) in [6.07, 6.45) is 20.7. The molecule has 4 saturated carbocycles. The molecule has 4 aromatic heterocycles. The van der Waals surface area contributed by atoms with Gasteiger partial charge in [-0.2, -0.15) is 20.4 Å². The molecule has 4 aliphatic carbocycles. The van der Waals surface area contributed by atoms with Crippen LogP contribution in [-0.2, 0) is 98.3 Å². The van der Waals surface area contributed by atoms with Gasteiger partial charge in [0.05, 0.1) is 117 Å². The molecule has 0 bridgehead atoms. The van der Waals surface area contributed by atoms with Gasteiger partial charge < -0.3 is 39.3 Å². The Bertz CT molecular complexity index is 5690. The van der Waals surface area contributed by atoms with Crippen molar-refractivity contribution in [2.45, 2.75) is 168 Å².